The van der Waals surface area contributed by atoms with Gasteiger partial charge in [0, 0.05) is 39.5 Å². The van der Waals surface area contributed by atoms with E-state index in [1.807, 2.05) is 25.2 Å². The molecule has 0 radical (unpaired) electrons. The van der Waals surface area contributed by atoms with Crippen molar-refractivity contribution in [2.45, 2.75) is 36.9 Å². The number of benzene rings is 4. The molecule has 4 aromatic carbocycles. The molecule has 10 heteroatoms. The van der Waals surface area contributed by atoms with E-state index in [2.05, 4.69) is 41.1 Å². The summed E-state index contributed by atoms with van der Waals surface area (Å²) in [5.74, 6) is -0.425. The van der Waals surface area contributed by atoms with Crippen LogP contribution in [-0.4, -0.2) is 40.1 Å². The summed E-state index contributed by atoms with van der Waals surface area (Å²) in [6.07, 6.45) is -3.77. The van der Waals surface area contributed by atoms with Gasteiger partial charge in [-0.25, -0.2) is 0 Å². The number of alkyl halides is 3. The smallest absolute Gasteiger partial charge is 0.416 e. The Kier molecular flexibility index (Phi) is 9.39. The maximum Gasteiger partial charge on any atom is 0.416 e. The summed E-state index contributed by atoms with van der Waals surface area (Å²) in [6, 6.07) is 21.7. The number of hydrogen-bond acceptors (Lipinski definition) is 5. The Hall–Kier alpha value is -3.79. The van der Waals surface area contributed by atoms with E-state index >= 15 is 0 Å². The molecule has 228 valence electrons. The lowest BCUT2D eigenvalue weighted by molar-refractivity contribution is -0.137. The molecule has 1 atom stereocenters. The second-order valence-corrected chi connectivity index (χ2v) is 12.2. The maximum absolute atomic E-state index is 13.6. The molecule has 0 amide bonds. The van der Waals surface area contributed by atoms with Crippen molar-refractivity contribution in [3.05, 3.63) is 105 Å². The number of phenolic OH excluding ortho intramolecular Hbond substituents is 1. The van der Waals surface area contributed by atoms with Crippen molar-refractivity contribution < 1.29 is 23.1 Å². The number of H-pyrrole nitrogens is 1. The summed E-state index contributed by atoms with van der Waals surface area (Å²) in [4.78, 5) is 31.0. The number of halogens is 4. The van der Waals surface area contributed by atoms with E-state index in [0.717, 1.165) is 23.9 Å². The van der Waals surface area contributed by atoms with Crippen LogP contribution in [0.2, 0.25) is 5.02 Å². The minimum Gasteiger partial charge on any atom is -0.507 e. The summed E-state index contributed by atoms with van der Waals surface area (Å²) < 4.78 is 40.9. The number of thioether (sulfide) groups is 1. The van der Waals surface area contributed by atoms with Crippen LogP contribution in [0.1, 0.15) is 36.9 Å². The van der Waals surface area contributed by atoms with Gasteiger partial charge in [-0.05, 0) is 79.7 Å². The zero-order chi connectivity index (χ0) is 31.6. The third-order valence-electron chi connectivity index (χ3n) is 7.80. The normalized spacial score (nSPS) is 12.7. The molecule has 0 fully saturated rings. The number of carbonyl (C=O) groups is 1. The molecule has 0 aliphatic carbocycles. The van der Waals surface area contributed by atoms with Crippen molar-refractivity contribution >= 4 is 50.8 Å². The van der Waals surface area contributed by atoms with Gasteiger partial charge in [-0.1, -0.05) is 54.1 Å². The molecule has 1 aromatic heterocycles. The predicted octanol–water partition coefficient (Wildman–Crippen LogP) is 8.86. The molecule has 0 saturated carbocycles. The van der Waals surface area contributed by atoms with E-state index in [1.165, 1.54) is 40.6 Å². The Morgan fingerprint density at radius 3 is 2.55 bits per heavy atom. The van der Waals surface area contributed by atoms with E-state index in [4.69, 9.17) is 11.6 Å². The first kappa shape index (κ1) is 31.6. The van der Waals surface area contributed by atoms with Crippen LogP contribution >= 0.6 is 23.4 Å². The zero-order valence-electron chi connectivity index (χ0n) is 24.0. The number of carbonyl (C=O) groups excluding carboxylic acids is 1. The fraction of sp³-hybridized carbons (Fsp3) is 0.235. The lowest BCUT2D eigenvalue weighted by Crippen LogP contribution is -2.24. The first-order chi connectivity index (χ1) is 20.9. The zero-order valence-corrected chi connectivity index (χ0v) is 25.6. The fourth-order valence-electron chi connectivity index (χ4n) is 5.36. The van der Waals surface area contributed by atoms with Crippen LogP contribution < -0.4 is 5.56 Å². The standard InChI is InChI=1S/C34H30ClF3N2O3S/c1-20(25-11-5-8-21-7-3-4-10-26(21)25)40(2)16-6-9-24(41)19-44-32-31(28-18-23(35)13-15-30(28)42)27-17-22(34(36,37)38)12-14-29(27)39-33(32)43/h3-5,7-8,10-15,17-18,20,42H,6,9,16,19H2,1-2H3,(H,39,43)/t20-/m1/s1. The lowest BCUT2D eigenvalue weighted by Gasteiger charge is -2.26. The number of Topliss-reactive ketones (excluding diaryl/α,β-unsaturated/α-hetero) is 1. The summed E-state index contributed by atoms with van der Waals surface area (Å²) in [7, 11) is 2.01. The van der Waals surface area contributed by atoms with Gasteiger partial charge in [-0.15, -0.1) is 11.8 Å². The molecule has 0 spiro atoms. The monoisotopic (exact) mass is 638 g/mol. The number of aromatic nitrogens is 1. The van der Waals surface area contributed by atoms with E-state index in [1.54, 1.807) is 0 Å². The molecule has 1 heterocycles. The lowest BCUT2D eigenvalue weighted by atomic mass is 9.98. The van der Waals surface area contributed by atoms with Crippen LogP contribution in [0.5, 0.6) is 5.75 Å². The molecule has 0 unspecified atom stereocenters. The Bertz CT molecular complexity index is 1900. The average molecular weight is 639 g/mol. The van der Waals surface area contributed by atoms with Gasteiger partial charge in [0.2, 0.25) is 0 Å². The number of pyridine rings is 1. The van der Waals surface area contributed by atoms with Crippen LogP contribution in [0.4, 0.5) is 13.2 Å². The summed E-state index contributed by atoms with van der Waals surface area (Å²) >= 11 is 7.11. The largest absolute Gasteiger partial charge is 0.507 e. The first-order valence-corrected chi connectivity index (χ1v) is 15.4. The fourth-order valence-corrected chi connectivity index (χ4v) is 6.53. The summed E-state index contributed by atoms with van der Waals surface area (Å²) in [5, 5.41) is 13.3. The van der Waals surface area contributed by atoms with Gasteiger partial charge < -0.3 is 10.1 Å². The quantitative estimate of drug-likeness (QED) is 0.150. The van der Waals surface area contributed by atoms with Crippen molar-refractivity contribution in [1.82, 2.24) is 9.88 Å². The molecule has 5 rings (SSSR count). The Labute approximate surface area is 261 Å². The summed E-state index contributed by atoms with van der Waals surface area (Å²) in [6.45, 7) is 2.79. The van der Waals surface area contributed by atoms with Gasteiger partial charge in [0.15, 0.2) is 0 Å². The number of hydrogen-bond donors (Lipinski definition) is 2. The molecule has 5 aromatic rings. The highest BCUT2D eigenvalue weighted by atomic mass is 35.5. The molecule has 0 aliphatic heterocycles. The molecule has 0 bridgehead atoms. The molecule has 0 aliphatic rings. The highest BCUT2D eigenvalue weighted by Crippen LogP contribution is 2.42. The van der Waals surface area contributed by atoms with Crippen LogP contribution in [0.3, 0.4) is 0 Å². The van der Waals surface area contributed by atoms with Crippen molar-refractivity contribution in [1.29, 1.82) is 0 Å². The second kappa shape index (κ2) is 13.1. The number of aromatic amines is 1. The van der Waals surface area contributed by atoms with Crippen molar-refractivity contribution in [2.75, 3.05) is 19.3 Å². The van der Waals surface area contributed by atoms with Crippen molar-refractivity contribution in [3.8, 4) is 16.9 Å². The van der Waals surface area contributed by atoms with Gasteiger partial charge in [-0.3, -0.25) is 14.5 Å². The average Bonchev–Trinajstić information content (AvgIpc) is 2.99. The minimum atomic E-state index is -4.63. The van der Waals surface area contributed by atoms with Crippen LogP contribution in [0, 0.1) is 0 Å². The highest BCUT2D eigenvalue weighted by molar-refractivity contribution is 8.00. The number of ketones is 1. The molecular formula is C34H30ClF3N2O3S. The number of nitrogens with zero attached hydrogens (tertiary/aromatic N) is 1. The van der Waals surface area contributed by atoms with E-state index in [-0.39, 0.29) is 61.7 Å². The number of nitrogens with one attached hydrogen (secondary N) is 1. The first-order valence-electron chi connectivity index (χ1n) is 14.0. The molecule has 5 nitrogen and oxygen atoms in total. The van der Waals surface area contributed by atoms with Crippen molar-refractivity contribution in [3.63, 3.8) is 0 Å². The van der Waals surface area contributed by atoms with E-state index in [9.17, 15) is 27.9 Å². The van der Waals surface area contributed by atoms with Gasteiger partial charge in [0.1, 0.15) is 11.5 Å². The Balaban J connectivity index is 1.34. The number of rotatable bonds is 10. The Morgan fingerprint density at radius 1 is 1.02 bits per heavy atom. The SMILES string of the molecule is C[C@H](c1cccc2ccccc12)N(C)CCCC(=O)CSc1c(-c2cc(Cl)ccc2O)c2cc(C(F)(F)F)ccc2[nH]c1=O. The predicted molar refractivity (Wildman–Crippen MR) is 172 cm³/mol. The maximum atomic E-state index is 13.6. The van der Waals surface area contributed by atoms with Gasteiger partial charge in [0.05, 0.1) is 16.2 Å². The molecule has 2 N–H and O–H groups in total. The minimum absolute atomic E-state index is 0.0319. The van der Waals surface area contributed by atoms with Crippen LogP contribution in [-0.2, 0) is 11.0 Å². The Morgan fingerprint density at radius 2 is 1.77 bits per heavy atom. The van der Waals surface area contributed by atoms with Crippen molar-refractivity contribution in [2.24, 2.45) is 0 Å². The number of aromatic hydroxyl groups is 1. The molecule has 44 heavy (non-hydrogen) atoms. The van der Waals surface area contributed by atoms with Crippen LogP contribution in [0.25, 0.3) is 32.8 Å². The number of phenols is 1. The summed E-state index contributed by atoms with van der Waals surface area (Å²) in [5.41, 5.74) is 0.0786. The molecular weight excluding hydrogens is 609 g/mol. The van der Waals surface area contributed by atoms with E-state index < -0.39 is 17.3 Å². The van der Waals surface area contributed by atoms with Gasteiger partial charge >= 0.3 is 6.18 Å². The van der Waals surface area contributed by atoms with E-state index in [0.29, 0.717) is 13.0 Å². The number of fused-ring (bicyclic) bond motifs is 2. The topological polar surface area (TPSA) is 73.4 Å². The third-order valence-corrected chi connectivity index (χ3v) is 9.18. The highest BCUT2D eigenvalue weighted by Gasteiger charge is 2.31. The van der Waals surface area contributed by atoms with Gasteiger partial charge in [0.25, 0.3) is 5.56 Å². The third kappa shape index (κ3) is 6.80. The van der Waals surface area contributed by atoms with Crippen LogP contribution in [0.15, 0.2) is 88.6 Å². The second-order valence-electron chi connectivity index (χ2n) is 10.7. The molecule has 0 saturated heterocycles. The van der Waals surface area contributed by atoms with Gasteiger partial charge in [-0.2, -0.15) is 13.2 Å².